The highest BCUT2D eigenvalue weighted by Gasteiger charge is 2.30. The summed E-state index contributed by atoms with van der Waals surface area (Å²) in [6.45, 7) is 10.3. The minimum absolute atomic E-state index is 0.323. The van der Waals surface area contributed by atoms with E-state index in [1.54, 1.807) is 9.80 Å². The van der Waals surface area contributed by atoms with Gasteiger partial charge in [-0.2, -0.15) is 0 Å². The SMILES string of the molecule is CCC(C)N1CCN(C(=O)C(=O)N2CCNCC2)CC1. The van der Waals surface area contributed by atoms with E-state index < -0.39 is 0 Å². The first-order valence-corrected chi connectivity index (χ1v) is 7.66. The lowest BCUT2D eigenvalue weighted by molar-refractivity contribution is -0.153. The summed E-state index contributed by atoms with van der Waals surface area (Å²) in [5, 5.41) is 3.19. The van der Waals surface area contributed by atoms with Crippen LogP contribution in [-0.2, 0) is 9.59 Å². The van der Waals surface area contributed by atoms with Crippen LogP contribution in [0, 0.1) is 0 Å². The molecule has 1 atom stereocenters. The molecule has 114 valence electrons. The fraction of sp³-hybridized carbons (Fsp3) is 0.857. The van der Waals surface area contributed by atoms with Gasteiger partial charge in [-0.05, 0) is 13.3 Å². The first-order chi connectivity index (χ1) is 9.63. The van der Waals surface area contributed by atoms with Crippen LogP contribution in [0.2, 0.25) is 0 Å². The van der Waals surface area contributed by atoms with Crippen molar-refractivity contribution in [2.24, 2.45) is 0 Å². The molecule has 0 saturated carbocycles. The molecule has 2 amide bonds. The number of piperazine rings is 2. The number of hydrogen-bond acceptors (Lipinski definition) is 4. The van der Waals surface area contributed by atoms with Gasteiger partial charge in [0.25, 0.3) is 0 Å². The summed E-state index contributed by atoms with van der Waals surface area (Å²) in [7, 11) is 0. The van der Waals surface area contributed by atoms with Crippen LogP contribution in [-0.4, -0.2) is 84.9 Å². The Morgan fingerprint density at radius 2 is 1.45 bits per heavy atom. The fourth-order valence-electron chi connectivity index (χ4n) is 2.76. The highest BCUT2D eigenvalue weighted by atomic mass is 16.2. The Bertz CT molecular complexity index is 347. The van der Waals surface area contributed by atoms with Gasteiger partial charge >= 0.3 is 11.8 Å². The van der Waals surface area contributed by atoms with Crippen molar-refractivity contribution in [2.75, 3.05) is 52.4 Å². The van der Waals surface area contributed by atoms with Crippen molar-refractivity contribution in [3.05, 3.63) is 0 Å². The summed E-state index contributed by atoms with van der Waals surface area (Å²) < 4.78 is 0. The number of carbonyl (C=O) groups is 2. The third-order valence-electron chi connectivity index (χ3n) is 4.40. The quantitative estimate of drug-likeness (QED) is 0.685. The van der Waals surface area contributed by atoms with Crippen molar-refractivity contribution in [2.45, 2.75) is 26.3 Å². The average Bonchev–Trinajstić information content (AvgIpc) is 2.53. The molecule has 2 rings (SSSR count). The van der Waals surface area contributed by atoms with E-state index in [-0.39, 0.29) is 11.8 Å². The molecule has 1 unspecified atom stereocenters. The second-order valence-corrected chi connectivity index (χ2v) is 5.63. The second-order valence-electron chi connectivity index (χ2n) is 5.63. The second kappa shape index (κ2) is 7.04. The van der Waals surface area contributed by atoms with E-state index in [1.165, 1.54) is 0 Å². The molecule has 6 nitrogen and oxygen atoms in total. The van der Waals surface area contributed by atoms with Crippen LogP contribution in [0.4, 0.5) is 0 Å². The van der Waals surface area contributed by atoms with Gasteiger partial charge < -0.3 is 15.1 Å². The zero-order valence-electron chi connectivity index (χ0n) is 12.6. The van der Waals surface area contributed by atoms with Gasteiger partial charge in [-0.3, -0.25) is 14.5 Å². The van der Waals surface area contributed by atoms with Crippen LogP contribution in [0.5, 0.6) is 0 Å². The summed E-state index contributed by atoms with van der Waals surface area (Å²) in [5.41, 5.74) is 0. The predicted molar refractivity (Wildman–Crippen MR) is 77.4 cm³/mol. The minimum atomic E-state index is -0.330. The summed E-state index contributed by atoms with van der Waals surface area (Å²) >= 11 is 0. The molecule has 2 aliphatic rings. The molecule has 2 fully saturated rings. The zero-order valence-corrected chi connectivity index (χ0v) is 12.6. The predicted octanol–water partition coefficient (Wildman–Crippen LogP) is -0.639. The van der Waals surface area contributed by atoms with Crippen molar-refractivity contribution in [3.63, 3.8) is 0 Å². The molecule has 2 saturated heterocycles. The Kier molecular flexibility index (Phi) is 5.37. The van der Waals surface area contributed by atoms with Crippen molar-refractivity contribution >= 4 is 11.8 Å². The van der Waals surface area contributed by atoms with E-state index in [0.717, 1.165) is 32.6 Å². The normalized spacial score (nSPS) is 22.7. The smallest absolute Gasteiger partial charge is 0.312 e. The van der Waals surface area contributed by atoms with Gasteiger partial charge in [0.05, 0.1) is 0 Å². The Morgan fingerprint density at radius 3 is 1.95 bits per heavy atom. The Balaban J connectivity index is 1.83. The maximum Gasteiger partial charge on any atom is 0.312 e. The maximum atomic E-state index is 12.2. The average molecular weight is 282 g/mol. The maximum absolute atomic E-state index is 12.2. The van der Waals surface area contributed by atoms with Crippen molar-refractivity contribution in [3.8, 4) is 0 Å². The lowest BCUT2D eigenvalue weighted by Gasteiger charge is -2.38. The molecular formula is C14H26N4O2. The molecule has 6 heteroatoms. The lowest BCUT2D eigenvalue weighted by atomic mass is 10.2. The monoisotopic (exact) mass is 282 g/mol. The molecule has 2 aliphatic heterocycles. The largest absolute Gasteiger partial charge is 0.332 e. The molecule has 0 spiro atoms. The number of carbonyl (C=O) groups excluding carboxylic acids is 2. The van der Waals surface area contributed by atoms with Gasteiger partial charge in [-0.25, -0.2) is 0 Å². The van der Waals surface area contributed by atoms with Crippen molar-refractivity contribution in [1.29, 1.82) is 0 Å². The van der Waals surface area contributed by atoms with E-state index in [2.05, 4.69) is 24.1 Å². The molecule has 1 N–H and O–H groups in total. The molecule has 0 aromatic rings. The third-order valence-corrected chi connectivity index (χ3v) is 4.40. The Morgan fingerprint density at radius 1 is 0.950 bits per heavy atom. The topological polar surface area (TPSA) is 55.9 Å². The Labute approximate surface area is 121 Å². The van der Waals surface area contributed by atoms with E-state index in [4.69, 9.17) is 0 Å². The number of nitrogens with one attached hydrogen (secondary N) is 1. The van der Waals surface area contributed by atoms with Crippen LogP contribution in [0.15, 0.2) is 0 Å². The number of hydrogen-bond donors (Lipinski definition) is 1. The number of rotatable bonds is 2. The van der Waals surface area contributed by atoms with Gasteiger partial charge in [0.1, 0.15) is 0 Å². The zero-order chi connectivity index (χ0) is 14.5. The van der Waals surface area contributed by atoms with Crippen LogP contribution in [0.1, 0.15) is 20.3 Å². The number of amides is 2. The van der Waals surface area contributed by atoms with Crippen LogP contribution in [0.3, 0.4) is 0 Å². The van der Waals surface area contributed by atoms with Gasteiger partial charge in [-0.15, -0.1) is 0 Å². The molecular weight excluding hydrogens is 256 g/mol. The molecule has 0 aliphatic carbocycles. The van der Waals surface area contributed by atoms with E-state index in [1.807, 2.05) is 0 Å². The highest BCUT2D eigenvalue weighted by molar-refractivity contribution is 6.34. The molecule has 2 heterocycles. The van der Waals surface area contributed by atoms with Crippen molar-refractivity contribution in [1.82, 2.24) is 20.0 Å². The molecule has 0 bridgehead atoms. The first-order valence-electron chi connectivity index (χ1n) is 7.66. The summed E-state index contributed by atoms with van der Waals surface area (Å²) in [6.07, 6.45) is 1.12. The summed E-state index contributed by atoms with van der Waals surface area (Å²) in [4.78, 5) is 30.2. The molecule has 0 aromatic heterocycles. The van der Waals surface area contributed by atoms with Crippen LogP contribution >= 0.6 is 0 Å². The van der Waals surface area contributed by atoms with E-state index in [9.17, 15) is 9.59 Å². The van der Waals surface area contributed by atoms with Crippen molar-refractivity contribution < 1.29 is 9.59 Å². The third kappa shape index (κ3) is 3.49. The van der Waals surface area contributed by atoms with Crippen LogP contribution < -0.4 is 5.32 Å². The van der Waals surface area contributed by atoms with Gasteiger partial charge in [0.2, 0.25) is 0 Å². The highest BCUT2D eigenvalue weighted by Crippen LogP contribution is 2.09. The minimum Gasteiger partial charge on any atom is -0.332 e. The Hall–Kier alpha value is -1.14. The first kappa shape index (κ1) is 15.3. The summed E-state index contributed by atoms with van der Waals surface area (Å²) in [6, 6.07) is 0.552. The molecule has 20 heavy (non-hydrogen) atoms. The van der Waals surface area contributed by atoms with Gasteiger partial charge in [-0.1, -0.05) is 6.92 Å². The summed E-state index contributed by atoms with van der Waals surface area (Å²) in [5.74, 6) is -0.654. The fourth-order valence-corrected chi connectivity index (χ4v) is 2.76. The van der Waals surface area contributed by atoms with Gasteiger partial charge in [0.15, 0.2) is 0 Å². The van der Waals surface area contributed by atoms with E-state index >= 15 is 0 Å². The van der Waals surface area contributed by atoms with E-state index in [0.29, 0.717) is 32.2 Å². The molecule has 0 aromatic carbocycles. The molecule has 0 radical (unpaired) electrons. The van der Waals surface area contributed by atoms with Gasteiger partial charge in [0, 0.05) is 58.4 Å². The standard InChI is InChI=1S/C14H26N4O2/c1-3-12(2)16-8-10-18(11-9-16)14(20)13(19)17-6-4-15-5-7-17/h12,15H,3-11H2,1-2H3. The van der Waals surface area contributed by atoms with Crippen LogP contribution in [0.25, 0.3) is 0 Å². The lowest BCUT2D eigenvalue weighted by Crippen LogP contribution is -2.56. The number of nitrogens with zero attached hydrogens (tertiary/aromatic N) is 3.